The molecule has 0 bridgehead atoms. The third kappa shape index (κ3) is 3.27. The van der Waals surface area contributed by atoms with Crippen LogP contribution in [-0.4, -0.2) is 14.1 Å². The van der Waals surface area contributed by atoms with Crippen LogP contribution in [-0.2, 0) is 0 Å². The summed E-state index contributed by atoms with van der Waals surface area (Å²) in [6.45, 7) is -3.53. The van der Waals surface area contributed by atoms with Gasteiger partial charge in [0.1, 0.15) is 5.75 Å². The molecule has 1 aromatic rings. The minimum Gasteiger partial charge on any atom is -0.497 e. The molecule has 0 aliphatic carbocycles. The number of rotatable bonds is 2. The molecule has 0 aliphatic heterocycles. The summed E-state index contributed by atoms with van der Waals surface area (Å²) in [5.41, 5.74) is -0.433. The Labute approximate surface area is 123 Å². The molecule has 0 saturated carbocycles. The van der Waals surface area contributed by atoms with Crippen molar-refractivity contribution in [2.45, 2.75) is 6.92 Å². The van der Waals surface area contributed by atoms with Crippen LogP contribution in [0, 0.1) is 6.92 Å². The van der Waals surface area contributed by atoms with Gasteiger partial charge in [-0.2, -0.15) is 0 Å². The molecular formula is C8H9BF3KO. The molecule has 1 rings (SSSR count). The molecule has 0 N–H and O–H groups in total. The minimum absolute atomic E-state index is 0. The second-order valence-corrected chi connectivity index (χ2v) is 2.75. The van der Waals surface area contributed by atoms with E-state index in [1.54, 1.807) is 0 Å². The fraction of sp³-hybridized carbons (Fsp3) is 0.250. The molecular weight excluding hydrogens is 219 g/mol. The number of hydrogen-bond acceptors (Lipinski definition) is 1. The van der Waals surface area contributed by atoms with Gasteiger partial charge in [0, 0.05) is 0 Å². The van der Waals surface area contributed by atoms with Crippen LogP contribution in [0.15, 0.2) is 18.2 Å². The maximum absolute atomic E-state index is 12.4. The summed E-state index contributed by atoms with van der Waals surface area (Å²) in [7, 11) is 1.36. The minimum atomic E-state index is -4.94. The van der Waals surface area contributed by atoms with Gasteiger partial charge in [0.2, 0.25) is 0 Å². The molecule has 0 saturated heterocycles. The van der Waals surface area contributed by atoms with Crippen molar-refractivity contribution in [3.05, 3.63) is 23.8 Å². The first kappa shape index (κ1) is 14.5. The second kappa shape index (κ2) is 5.56. The van der Waals surface area contributed by atoms with E-state index in [1.165, 1.54) is 26.2 Å². The molecule has 72 valence electrons. The molecule has 0 atom stereocenters. The monoisotopic (exact) mass is 228 g/mol. The topological polar surface area (TPSA) is 9.23 Å². The van der Waals surface area contributed by atoms with E-state index in [2.05, 4.69) is 0 Å². The Morgan fingerprint density at radius 2 is 1.79 bits per heavy atom. The van der Waals surface area contributed by atoms with Gasteiger partial charge in [-0.1, -0.05) is 12.1 Å². The van der Waals surface area contributed by atoms with Crippen molar-refractivity contribution in [3.63, 3.8) is 0 Å². The average Bonchev–Trinajstić information content (AvgIpc) is 2.02. The Morgan fingerprint density at radius 3 is 2.21 bits per heavy atom. The summed E-state index contributed by atoms with van der Waals surface area (Å²) in [5.74, 6) is 0.275. The standard InChI is InChI=1S/C8H9BF3O.K/c1-6-7(9(10,11)12)4-3-5-8(6)13-2;/h3-5H,1-2H3;/q-1;+1. The molecule has 0 fully saturated rings. The fourth-order valence-corrected chi connectivity index (χ4v) is 1.21. The van der Waals surface area contributed by atoms with E-state index in [1.807, 2.05) is 0 Å². The zero-order valence-electron chi connectivity index (χ0n) is 8.35. The summed E-state index contributed by atoms with van der Waals surface area (Å²) in [6.07, 6.45) is 0. The number of ether oxygens (including phenoxy) is 1. The van der Waals surface area contributed by atoms with E-state index in [-0.39, 0.29) is 62.7 Å². The number of methoxy groups -OCH3 is 1. The summed E-state index contributed by atoms with van der Waals surface area (Å²) in [4.78, 5) is 0. The predicted octanol–water partition coefficient (Wildman–Crippen LogP) is -0.938. The predicted molar refractivity (Wildman–Crippen MR) is 46.4 cm³/mol. The van der Waals surface area contributed by atoms with Gasteiger partial charge in [-0.05, 0) is 18.6 Å². The van der Waals surface area contributed by atoms with Crippen molar-refractivity contribution in [3.8, 4) is 5.75 Å². The van der Waals surface area contributed by atoms with Crippen LogP contribution < -0.4 is 61.6 Å². The van der Waals surface area contributed by atoms with E-state index in [9.17, 15) is 12.9 Å². The van der Waals surface area contributed by atoms with Gasteiger partial charge in [0.15, 0.2) is 0 Å². The van der Waals surface area contributed by atoms with Gasteiger partial charge >= 0.3 is 58.4 Å². The number of halogens is 3. The van der Waals surface area contributed by atoms with Gasteiger partial charge in [-0.3, -0.25) is 0 Å². The Hall–Kier alpha value is 0.511. The van der Waals surface area contributed by atoms with Crippen LogP contribution >= 0.6 is 0 Å². The molecule has 1 aromatic carbocycles. The van der Waals surface area contributed by atoms with Crippen molar-refractivity contribution in [1.82, 2.24) is 0 Å². The van der Waals surface area contributed by atoms with Crippen molar-refractivity contribution >= 4 is 12.4 Å². The Morgan fingerprint density at radius 1 is 1.21 bits per heavy atom. The molecule has 0 radical (unpaired) electrons. The van der Waals surface area contributed by atoms with E-state index < -0.39 is 12.4 Å². The third-order valence-corrected chi connectivity index (χ3v) is 1.90. The third-order valence-electron chi connectivity index (χ3n) is 1.90. The summed E-state index contributed by atoms with van der Waals surface area (Å²) in [6, 6.07) is 3.93. The normalized spacial score (nSPS) is 10.6. The van der Waals surface area contributed by atoms with Gasteiger partial charge in [0.25, 0.3) is 0 Å². The Kier molecular flexibility index (Phi) is 5.76. The maximum atomic E-state index is 12.4. The average molecular weight is 228 g/mol. The smallest absolute Gasteiger partial charge is 0.497 e. The zero-order chi connectivity index (χ0) is 10.1. The maximum Gasteiger partial charge on any atom is 1.00 e. The Bertz CT molecular complexity index is 314. The summed E-state index contributed by atoms with van der Waals surface area (Å²) >= 11 is 0. The van der Waals surface area contributed by atoms with Crippen molar-refractivity contribution < 1.29 is 69.1 Å². The van der Waals surface area contributed by atoms with Gasteiger partial charge < -0.3 is 17.7 Å². The van der Waals surface area contributed by atoms with Gasteiger partial charge in [-0.15, -0.1) is 5.46 Å². The van der Waals surface area contributed by atoms with Gasteiger partial charge in [-0.25, -0.2) is 0 Å². The van der Waals surface area contributed by atoms with Crippen molar-refractivity contribution in [1.29, 1.82) is 0 Å². The molecule has 0 aromatic heterocycles. The van der Waals surface area contributed by atoms with Crippen LogP contribution in [0.4, 0.5) is 12.9 Å². The van der Waals surface area contributed by atoms with E-state index in [0.29, 0.717) is 0 Å². The first-order chi connectivity index (χ1) is 5.96. The molecule has 6 heteroatoms. The molecule has 0 unspecified atom stereocenters. The van der Waals surface area contributed by atoms with Crippen LogP contribution in [0.3, 0.4) is 0 Å². The summed E-state index contributed by atoms with van der Waals surface area (Å²) in [5, 5.41) is 0. The van der Waals surface area contributed by atoms with Crippen molar-refractivity contribution in [2.24, 2.45) is 0 Å². The first-order valence-electron chi connectivity index (χ1n) is 3.80. The molecule has 14 heavy (non-hydrogen) atoms. The first-order valence-corrected chi connectivity index (χ1v) is 3.80. The SMILES string of the molecule is COc1cccc([B-](F)(F)F)c1C.[K+]. The van der Waals surface area contributed by atoms with Gasteiger partial charge in [0.05, 0.1) is 7.11 Å². The molecule has 0 amide bonds. The van der Waals surface area contributed by atoms with Crippen LogP contribution in [0.5, 0.6) is 5.75 Å². The number of benzene rings is 1. The van der Waals surface area contributed by atoms with E-state index >= 15 is 0 Å². The van der Waals surface area contributed by atoms with E-state index in [0.717, 1.165) is 6.07 Å². The van der Waals surface area contributed by atoms with Crippen LogP contribution in [0.25, 0.3) is 0 Å². The van der Waals surface area contributed by atoms with E-state index in [4.69, 9.17) is 4.74 Å². The van der Waals surface area contributed by atoms with Crippen molar-refractivity contribution in [2.75, 3.05) is 7.11 Å². The fourth-order valence-electron chi connectivity index (χ4n) is 1.21. The largest absolute Gasteiger partial charge is 1.00 e. The quantitative estimate of drug-likeness (QED) is 0.594. The zero-order valence-corrected chi connectivity index (χ0v) is 11.5. The van der Waals surface area contributed by atoms with Crippen LogP contribution in [0.1, 0.15) is 5.56 Å². The molecule has 1 nitrogen and oxygen atoms in total. The molecule has 0 spiro atoms. The molecule has 0 heterocycles. The van der Waals surface area contributed by atoms with Crippen LogP contribution in [0.2, 0.25) is 0 Å². The second-order valence-electron chi connectivity index (χ2n) is 2.75. The summed E-state index contributed by atoms with van der Waals surface area (Å²) < 4.78 is 41.9. The Balaban J connectivity index is 0.00000169. The molecule has 0 aliphatic rings. The number of hydrogen-bond donors (Lipinski definition) is 0.